The van der Waals surface area contributed by atoms with Gasteiger partial charge in [0, 0.05) is 56.4 Å². The van der Waals surface area contributed by atoms with E-state index < -0.39 is 94.3 Å². The molecule has 0 saturated carbocycles. The van der Waals surface area contributed by atoms with Gasteiger partial charge in [-0.25, -0.2) is 19.2 Å². The lowest BCUT2D eigenvalue weighted by Crippen LogP contribution is -2.35. The van der Waals surface area contributed by atoms with Gasteiger partial charge in [0.2, 0.25) is 5.70 Å². The van der Waals surface area contributed by atoms with Crippen molar-refractivity contribution in [1.82, 2.24) is 14.7 Å². The van der Waals surface area contributed by atoms with Gasteiger partial charge in [0.05, 0.1) is 23.6 Å². The molecule has 3 heterocycles. The Labute approximate surface area is 410 Å². The third-order valence-electron chi connectivity index (χ3n) is 14.0. The molecule has 0 aromatic carbocycles. The number of likely N-dealkylation sites (tertiary alicyclic amines) is 3. The number of hydrogen-bond acceptors (Lipinski definition) is 14. The molecule has 0 aromatic heterocycles. The fourth-order valence-electron chi connectivity index (χ4n) is 10.9. The van der Waals surface area contributed by atoms with E-state index in [0.717, 1.165) is 38.5 Å². The molecular weight excluding hydrogens is 895 g/mol. The second kappa shape index (κ2) is 21.4. The van der Waals surface area contributed by atoms with E-state index in [0.29, 0.717) is 75.6 Å². The summed E-state index contributed by atoms with van der Waals surface area (Å²) >= 11 is 0. The Bertz CT molecular complexity index is 2260. The molecule has 0 spiro atoms. The summed E-state index contributed by atoms with van der Waals surface area (Å²) in [7, 11) is 0. The maximum Gasteiger partial charge on any atom is 0.344 e. The third-order valence-corrected chi connectivity index (χ3v) is 14.0. The summed E-state index contributed by atoms with van der Waals surface area (Å²) in [6.45, 7) is 22.2. The Morgan fingerprint density at radius 2 is 0.814 bits per heavy atom. The Balaban J connectivity index is 1.36. The summed E-state index contributed by atoms with van der Waals surface area (Å²) in [4.78, 5) is 92.2. The first-order valence-corrected chi connectivity index (χ1v) is 24.2. The van der Waals surface area contributed by atoms with Crippen LogP contribution in [0.25, 0.3) is 4.85 Å². The number of primary amides is 3. The number of carbonyl (C=O) groups is 6. The molecule has 18 heteroatoms. The van der Waals surface area contributed by atoms with Crippen molar-refractivity contribution in [3.05, 3.63) is 78.8 Å². The topological polar surface area (TPSA) is 270 Å². The van der Waals surface area contributed by atoms with Gasteiger partial charge in [0.15, 0.2) is 0 Å². The van der Waals surface area contributed by atoms with Crippen LogP contribution >= 0.6 is 0 Å². The van der Waals surface area contributed by atoms with Crippen LogP contribution < -0.4 is 17.2 Å². The van der Waals surface area contributed by atoms with Gasteiger partial charge in [0.25, 0.3) is 17.7 Å². The zero-order valence-electron chi connectivity index (χ0n) is 41.5. The standard InChI is InChI=1S/C52H67N9O9/c1-50(2)20-32(35(26-53)37(23-50)59-14-8-9-15-59)40(44(55)62)47(65)68-28-31(29-69-48(66)41(45(56)63)33-21-51(3,4)24-38(36(33)27-54)60-16-10-11-17-60)30-70-49(67)42(46(57)64)34-22-52(5,6)25-39(43(34)58-7)61-18-12-13-19-61/h31H,8-25,28-30H2,1-6H3,(H2,55,62)(H2,56,63)(H2,57,64)/b40-32+,41-33+,42-34+. The molecule has 3 fully saturated rings. The summed E-state index contributed by atoms with van der Waals surface area (Å²) in [6.07, 6.45) is 7.58. The normalized spacial score (nSPS) is 23.1. The van der Waals surface area contributed by atoms with E-state index in [1.165, 1.54) is 0 Å². The first kappa shape index (κ1) is 52.5. The highest BCUT2D eigenvalue weighted by Crippen LogP contribution is 2.48. The maximum absolute atomic E-state index is 14.2. The smallest absolute Gasteiger partial charge is 0.344 e. The molecule has 3 amide bonds. The Morgan fingerprint density at radius 1 is 0.529 bits per heavy atom. The van der Waals surface area contributed by atoms with Crippen LogP contribution in [0.2, 0.25) is 0 Å². The molecule has 18 nitrogen and oxygen atoms in total. The van der Waals surface area contributed by atoms with Gasteiger partial charge in [-0.05, 0) is 110 Å². The molecule has 6 N–H and O–H groups in total. The van der Waals surface area contributed by atoms with Crippen LogP contribution in [-0.4, -0.2) is 109 Å². The molecule has 70 heavy (non-hydrogen) atoms. The van der Waals surface area contributed by atoms with E-state index in [4.69, 9.17) is 38.0 Å². The Kier molecular flexibility index (Phi) is 16.1. The minimum Gasteiger partial charge on any atom is -0.461 e. The fraction of sp³-hybridized carbons (Fsp3) is 0.596. The third kappa shape index (κ3) is 11.8. The van der Waals surface area contributed by atoms with Crippen molar-refractivity contribution >= 4 is 35.6 Å². The average Bonchev–Trinajstić information content (AvgIpc) is 4.10. The van der Waals surface area contributed by atoms with Crippen molar-refractivity contribution < 1.29 is 43.0 Å². The quantitative estimate of drug-likeness (QED) is 0.0486. The number of nitrogens with two attached hydrogens (primary N) is 3. The number of carbonyl (C=O) groups excluding carboxylic acids is 6. The number of nitrogens with zero attached hydrogens (tertiary/aromatic N) is 6. The molecule has 0 aromatic rings. The molecule has 0 radical (unpaired) electrons. The first-order valence-electron chi connectivity index (χ1n) is 24.2. The highest BCUT2D eigenvalue weighted by atomic mass is 16.6. The number of esters is 3. The summed E-state index contributed by atoms with van der Waals surface area (Å²) in [5, 5.41) is 20.9. The van der Waals surface area contributed by atoms with Crippen LogP contribution in [0.3, 0.4) is 0 Å². The molecule has 3 aliphatic heterocycles. The fourth-order valence-corrected chi connectivity index (χ4v) is 10.9. The lowest BCUT2D eigenvalue weighted by molar-refractivity contribution is -0.148. The predicted molar refractivity (Wildman–Crippen MR) is 255 cm³/mol. The van der Waals surface area contributed by atoms with Crippen molar-refractivity contribution in [1.29, 1.82) is 10.5 Å². The number of amides is 3. The highest BCUT2D eigenvalue weighted by Gasteiger charge is 2.42. The van der Waals surface area contributed by atoms with Crippen LogP contribution in [0.4, 0.5) is 0 Å². The molecule has 0 bridgehead atoms. The Morgan fingerprint density at radius 3 is 1.11 bits per heavy atom. The first-order chi connectivity index (χ1) is 33.0. The molecule has 3 saturated heterocycles. The number of ether oxygens (including phenoxy) is 3. The zero-order valence-corrected chi connectivity index (χ0v) is 41.5. The van der Waals surface area contributed by atoms with Crippen LogP contribution in [-0.2, 0) is 43.0 Å². The number of nitriles is 2. The second-order valence-corrected chi connectivity index (χ2v) is 21.7. The highest BCUT2D eigenvalue weighted by molar-refractivity contribution is 6.18. The Hall–Kier alpha value is -6.87. The summed E-state index contributed by atoms with van der Waals surface area (Å²) in [5.41, 5.74) is 17.7. The van der Waals surface area contributed by atoms with Gasteiger partial charge in [-0.2, -0.15) is 10.5 Å². The minimum atomic E-state index is -1.23. The predicted octanol–water partition coefficient (Wildman–Crippen LogP) is 5.01. The summed E-state index contributed by atoms with van der Waals surface area (Å²) in [5.74, 6) is -8.14. The van der Waals surface area contributed by atoms with Crippen LogP contribution in [0.1, 0.15) is 119 Å². The van der Waals surface area contributed by atoms with Crippen molar-refractivity contribution in [2.75, 3.05) is 59.1 Å². The van der Waals surface area contributed by atoms with Gasteiger partial charge >= 0.3 is 17.9 Å². The molecule has 6 aliphatic rings. The molecule has 6 rings (SSSR count). The van der Waals surface area contributed by atoms with Gasteiger partial charge in [-0.1, -0.05) is 41.5 Å². The van der Waals surface area contributed by atoms with Gasteiger partial charge in [-0.15, -0.1) is 0 Å². The van der Waals surface area contributed by atoms with E-state index >= 15 is 0 Å². The molecule has 374 valence electrons. The van der Waals surface area contributed by atoms with Gasteiger partial charge < -0.3 is 46.1 Å². The van der Waals surface area contributed by atoms with E-state index in [1.807, 2.05) is 41.5 Å². The second-order valence-electron chi connectivity index (χ2n) is 21.7. The van der Waals surface area contributed by atoms with E-state index in [2.05, 4.69) is 31.7 Å². The average molecular weight is 962 g/mol. The SMILES string of the molecule is [C-]#[N+]C1=C(N2CCCC2)CC(C)(C)C/C1=C(/C(N)=O)C(=O)OCC(COC(=O)/C(C(N)=O)=C1\CC(C)(C)CC(N2CCCC2)=C1C#N)COC(=O)/C(C(N)=O)=C1\CC(C)(C)CC(N2CCCC2)=C1C#N. The van der Waals surface area contributed by atoms with Crippen molar-refractivity contribution in [2.45, 2.75) is 119 Å². The van der Waals surface area contributed by atoms with Gasteiger partial charge in [-0.3, -0.25) is 14.4 Å². The molecule has 3 aliphatic carbocycles. The van der Waals surface area contributed by atoms with E-state index in [1.54, 1.807) is 0 Å². The van der Waals surface area contributed by atoms with Crippen molar-refractivity contribution in [3.63, 3.8) is 0 Å². The summed E-state index contributed by atoms with van der Waals surface area (Å²) in [6, 6.07) is 4.42. The zero-order chi connectivity index (χ0) is 51.3. The lowest BCUT2D eigenvalue weighted by Gasteiger charge is -2.37. The van der Waals surface area contributed by atoms with Crippen molar-refractivity contribution in [3.8, 4) is 12.1 Å². The van der Waals surface area contributed by atoms with Crippen molar-refractivity contribution in [2.24, 2.45) is 39.4 Å². The lowest BCUT2D eigenvalue weighted by atomic mass is 9.72. The molecule has 0 atom stereocenters. The maximum atomic E-state index is 14.2. The van der Waals surface area contributed by atoms with Crippen LogP contribution in [0, 0.1) is 51.4 Å². The van der Waals surface area contributed by atoms with Crippen LogP contribution in [0.15, 0.2) is 67.4 Å². The number of hydrogen-bond donors (Lipinski definition) is 3. The molecule has 0 unspecified atom stereocenters. The van der Waals surface area contributed by atoms with Gasteiger partial charge in [0.1, 0.15) is 48.7 Å². The van der Waals surface area contributed by atoms with E-state index in [9.17, 15) is 39.3 Å². The monoisotopic (exact) mass is 962 g/mol. The largest absolute Gasteiger partial charge is 0.461 e. The number of allylic oxidation sites excluding steroid dienone is 8. The van der Waals surface area contributed by atoms with E-state index in [-0.39, 0.29) is 52.8 Å². The molecular formula is C52H67N9O9. The minimum absolute atomic E-state index is 0.139. The number of rotatable bonds is 15. The summed E-state index contributed by atoms with van der Waals surface area (Å²) < 4.78 is 17.2. The van der Waals surface area contributed by atoms with Crippen LogP contribution in [0.5, 0.6) is 0 Å².